The van der Waals surface area contributed by atoms with Gasteiger partial charge in [0.2, 0.25) is 0 Å². The van der Waals surface area contributed by atoms with Crippen molar-refractivity contribution < 1.29 is 9.90 Å². The Bertz CT molecular complexity index is 840. The Hall–Kier alpha value is -2.52. The van der Waals surface area contributed by atoms with Crippen molar-refractivity contribution in [2.24, 2.45) is 0 Å². The van der Waals surface area contributed by atoms with Crippen molar-refractivity contribution >= 4 is 16.6 Å². The van der Waals surface area contributed by atoms with Gasteiger partial charge in [-0.15, -0.1) is 0 Å². The van der Waals surface area contributed by atoms with Gasteiger partial charge in [0.15, 0.2) is 0 Å². The number of benzene rings is 2. The zero-order valence-electron chi connectivity index (χ0n) is 13.8. The average Bonchev–Trinajstić information content (AvgIpc) is 2.63. The van der Waals surface area contributed by atoms with Crippen LogP contribution in [0.3, 0.4) is 0 Å². The summed E-state index contributed by atoms with van der Waals surface area (Å²) in [4.78, 5) is 16.9. The lowest BCUT2D eigenvalue weighted by molar-refractivity contribution is -0.119. The first-order valence-corrected chi connectivity index (χ1v) is 8.26. The molecule has 0 fully saturated rings. The van der Waals surface area contributed by atoms with Gasteiger partial charge in [-0.25, -0.2) is 0 Å². The number of fused-ring (bicyclic) bond motifs is 1. The Morgan fingerprint density at radius 3 is 2.50 bits per heavy atom. The number of rotatable bonds is 6. The molecule has 0 amide bonds. The molecule has 1 atom stereocenters. The van der Waals surface area contributed by atoms with E-state index in [0.717, 1.165) is 33.9 Å². The number of Topliss-reactive ketones (excluding diaryl/α,β-unsaturated/α-hetero) is 1. The predicted molar refractivity (Wildman–Crippen MR) is 95.9 cm³/mol. The Balaban J connectivity index is 1.79. The van der Waals surface area contributed by atoms with Crippen molar-refractivity contribution in [2.75, 3.05) is 0 Å². The third-order valence-corrected chi connectivity index (χ3v) is 4.44. The number of hydrogen-bond donors (Lipinski definition) is 1. The van der Waals surface area contributed by atoms with E-state index in [4.69, 9.17) is 5.11 Å². The molecular weight excluding hydrogens is 298 g/mol. The fraction of sp³-hybridized carbons (Fsp3) is 0.238. The molecule has 3 nitrogen and oxygen atoms in total. The second-order valence-corrected chi connectivity index (χ2v) is 6.06. The van der Waals surface area contributed by atoms with Crippen LogP contribution in [0.25, 0.3) is 10.8 Å². The van der Waals surface area contributed by atoms with Crippen LogP contribution < -0.4 is 0 Å². The van der Waals surface area contributed by atoms with E-state index in [1.54, 1.807) is 6.20 Å². The quantitative estimate of drug-likeness (QED) is 0.746. The van der Waals surface area contributed by atoms with Crippen molar-refractivity contribution in [3.05, 3.63) is 77.6 Å². The smallest absolute Gasteiger partial charge is 0.144 e. The van der Waals surface area contributed by atoms with E-state index in [9.17, 15) is 4.79 Å². The molecule has 2 aromatic carbocycles. The van der Waals surface area contributed by atoms with Gasteiger partial charge in [-0.2, -0.15) is 0 Å². The molecule has 1 N–H and O–H groups in total. The molecule has 0 saturated carbocycles. The molecular formula is C21H21NO2. The van der Waals surface area contributed by atoms with Crippen molar-refractivity contribution in [1.82, 2.24) is 4.98 Å². The summed E-state index contributed by atoms with van der Waals surface area (Å²) in [5, 5.41) is 11.3. The summed E-state index contributed by atoms with van der Waals surface area (Å²) in [6.07, 6.45) is 4.80. The van der Waals surface area contributed by atoms with Crippen LogP contribution in [0.15, 0.2) is 60.9 Å². The van der Waals surface area contributed by atoms with E-state index in [0.29, 0.717) is 6.42 Å². The Morgan fingerprint density at radius 2 is 1.79 bits per heavy atom. The van der Waals surface area contributed by atoms with Crippen LogP contribution >= 0.6 is 0 Å². The minimum Gasteiger partial charge on any atom is -0.392 e. The van der Waals surface area contributed by atoms with Crippen molar-refractivity contribution in [3.63, 3.8) is 0 Å². The molecule has 0 aliphatic rings. The first kappa shape index (κ1) is 16.3. The molecule has 0 aliphatic carbocycles. The fourth-order valence-electron chi connectivity index (χ4n) is 3.07. The summed E-state index contributed by atoms with van der Waals surface area (Å²) in [6, 6.07) is 15.7. The highest BCUT2D eigenvalue weighted by molar-refractivity contribution is 5.89. The molecule has 1 unspecified atom stereocenters. The maximum Gasteiger partial charge on any atom is 0.144 e. The number of aliphatic hydroxyl groups is 1. The molecule has 3 rings (SSSR count). The highest BCUT2D eigenvalue weighted by atomic mass is 16.3. The molecule has 3 aromatic rings. The monoisotopic (exact) mass is 319 g/mol. The van der Waals surface area contributed by atoms with E-state index in [-0.39, 0.29) is 18.3 Å². The number of carbonyl (C=O) groups excluding carboxylic acids is 1. The highest BCUT2D eigenvalue weighted by Crippen LogP contribution is 2.24. The van der Waals surface area contributed by atoms with Crippen LogP contribution in [0.4, 0.5) is 0 Å². The minimum absolute atomic E-state index is 0.0248. The van der Waals surface area contributed by atoms with E-state index in [1.165, 1.54) is 0 Å². The lowest BCUT2D eigenvalue weighted by Gasteiger charge is -2.15. The largest absolute Gasteiger partial charge is 0.392 e. The third kappa shape index (κ3) is 3.52. The van der Waals surface area contributed by atoms with E-state index in [2.05, 4.69) is 11.1 Å². The van der Waals surface area contributed by atoms with Gasteiger partial charge < -0.3 is 5.11 Å². The zero-order chi connectivity index (χ0) is 16.9. The molecule has 1 heterocycles. The van der Waals surface area contributed by atoms with Crippen molar-refractivity contribution in [1.29, 1.82) is 0 Å². The predicted octanol–water partition coefficient (Wildman–Crippen LogP) is 4.03. The van der Waals surface area contributed by atoms with Crippen LogP contribution in [0.1, 0.15) is 36.0 Å². The molecule has 24 heavy (non-hydrogen) atoms. The first-order chi connectivity index (χ1) is 11.7. The molecule has 3 heteroatoms. The summed E-state index contributed by atoms with van der Waals surface area (Å²) in [5.41, 5.74) is 2.91. The van der Waals surface area contributed by atoms with Gasteiger partial charge in [-0.3, -0.25) is 9.78 Å². The van der Waals surface area contributed by atoms with E-state index >= 15 is 0 Å². The Labute approximate surface area is 142 Å². The summed E-state index contributed by atoms with van der Waals surface area (Å²) >= 11 is 0. The van der Waals surface area contributed by atoms with Gasteiger partial charge in [0.25, 0.3) is 0 Å². The summed E-state index contributed by atoms with van der Waals surface area (Å²) < 4.78 is 0. The maximum absolute atomic E-state index is 12.8. The first-order valence-electron chi connectivity index (χ1n) is 8.26. The zero-order valence-corrected chi connectivity index (χ0v) is 13.8. The minimum atomic E-state index is -0.106. The average molecular weight is 319 g/mol. The highest BCUT2D eigenvalue weighted by Gasteiger charge is 2.19. The van der Waals surface area contributed by atoms with Gasteiger partial charge in [-0.05, 0) is 34.6 Å². The van der Waals surface area contributed by atoms with Crippen LogP contribution in [0, 0.1) is 0 Å². The number of aliphatic hydroxyl groups excluding tert-OH is 1. The number of nitrogens with zero attached hydrogens (tertiary/aromatic N) is 1. The standard InChI is InChI=1S/C21H21NO2/c1-2-20(17-6-3-15(14-23)4-7-17)21(24)12-16-5-8-19-13-22-10-9-18(19)11-16/h3-11,13,20,23H,2,12,14H2,1H3. The third-order valence-electron chi connectivity index (χ3n) is 4.44. The van der Waals surface area contributed by atoms with Crippen LogP contribution in [-0.4, -0.2) is 15.9 Å². The molecule has 0 saturated heterocycles. The van der Waals surface area contributed by atoms with Gasteiger partial charge >= 0.3 is 0 Å². The van der Waals surface area contributed by atoms with Crippen molar-refractivity contribution in [3.8, 4) is 0 Å². The lowest BCUT2D eigenvalue weighted by Crippen LogP contribution is -2.14. The van der Waals surface area contributed by atoms with Gasteiger partial charge in [0.05, 0.1) is 6.61 Å². The molecule has 122 valence electrons. The Morgan fingerprint density at radius 1 is 1.04 bits per heavy atom. The maximum atomic E-state index is 12.8. The van der Waals surface area contributed by atoms with Gasteiger partial charge in [0.1, 0.15) is 5.78 Å². The molecule has 0 aliphatic heterocycles. The number of hydrogen-bond acceptors (Lipinski definition) is 3. The number of pyridine rings is 1. The van der Waals surface area contributed by atoms with Crippen molar-refractivity contribution in [2.45, 2.75) is 32.3 Å². The second-order valence-electron chi connectivity index (χ2n) is 6.06. The molecule has 0 radical (unpaired) electrons. The van der Waals surface area contributed by atoms with E-state index < -0.39 is 0 Å². The lowest BCUT2D eigenvalue weighted by atomic mass is 9.88. The normalized spacial score (nSPS) is 12.2. The SMILES string of the molecule is CCC(C(=O)Cc1ccc2cnccc2c1)c1ccc(CO)cc1. The van der Waals surface area contributed by atoms with Crippen LogP contribution in [-0.2, 0) is 17.8 Å². The topological polar surface area (TPSA) is 50.2 Å². The van der Waals surface area contributed by atoms with Crippen LogP contribution in [0.5, 0.6) is 0 Å². The number of ketones is 1. The number of carbonyl (C=O) groups is 1. The fourth-order valence-corrected chi connectivity index (χ4v) is 3.07. The summed E-state index contributed by atoms with van der Waals surface area (Å²) in [6.45, 7) is 2.06. The second kappa shape index (κ2) is 7.37. The Kier molecular flexibility index (Phi) is 5.02. The molecule has 0 spiro atoms. The number of aromatic nitrogens is 1. The molecule has 1 aromatic heterocycles. The van der Waals surface area contributed by atoms with E-state index in [1.807, 2.05) is 55.6 Å². The van der Waals surface area contributed by atoms with Crippen LogP contribution in [0.2, 0.25) is 0 Å². The summed E-state index contributed by atoms with van der Waals surface area (Å²) in [7, 11) is 0. The van der Waals surface area contributed by atoms with Gasteiger partial charge in [0, 0.05) is 30.1 Å². The molecule has 0 bridgehead atoms. The summed E-state index contributed by atoms with van der Waals surface area (Å²) in [5.74, 6) is 0.119. The van der Waals surface area contributed by atoms with Gasteiger partial charge in [-0.1, -0.05) is 49.4 Å².